The van der Waals surface area contributed by atoms with E-state index in [-0.39, 0.29) is 12.5 Å². The Labute approximate surface area is 133 Å². The van der Waals surface area contributed by atoms with E-state index in [9.17, 15) is 4.79 Å². The Morgan fingerprint density at radius 1 is 1.23 bits per heavy atom. The summed E-state index contributed by atoms with van der Waals surface area (Å²) in [6.07, 6.45) is 3.24. The molecule has 1 aliphatic rings. The maximum Gasteiger partial charge on any atom is 0.257 e. The van der Waals surface area contributed by atoms with Gasteiger partial charge in [0.2, 0.25) is 0 Å². The third kappa shape index (κ3) is 4.73. The average molecular weight is 305 g/mol. The highest BCUT2D eigenvalue weighted by molar-refractivity contribution is 5.77. The van der Waals surface area contributed by atoms with Gasteiger partial charge in [-0.15, -0.1) is 0 Å². The van der Waals surface area contributed by atoms with E-state index in [0.717, 1.165) is 55.9 Å². The highest BCUT2D eigenvalue weighted by atomic mass is 16.5. The first kappa shape index (κ1) is 16.8. The molecule has 0 radical (unpaired) electrons. The first-order valence-corrected chi connectivity index (χ1v) is 8.12. The molecular weight excluding hydrogens is 278 g/mol. The second kappa shape index (κ2) is 8.18. The minimum Gasteiger partial charge on any atom is -0.483 e. The second-order valence-corrected chi connectivity index (χ2v) is 6.14. The minimum absolute atomic E-state index is 0.0487. The summed E-state index contributed by atoms with van der Waals surface area (Å²) >= 11 is 0. The fraction of sp³-hybridized carbons (Fsp3) is 0.611. The van der Waals surface area contributed by atoms with Crippen LogP contribution in [0.5, 0.6) is 5.75 Å². The molecule has 1 saturated heterocycles. The van der Waals surface area contributed by atoms with Crippen molar-refractivity contribution >= 4 is 5.91 Å². The maximum absolute atomic E-state index is 11.9. The lowest BCUT2D eigenvalue weighted by Gasteiger charge is -2.21. The Hall–Kier alpha value is -1.55. The number of aryl methyl sites for hydroxylation is 2. The predicted molar refractivity (Wildman–Crippen MR) is 87.3 cm³/mol. The van der Waals surface area contributed by atoms with Crippen LogP contribution in [0, 0.1) is 26.7 Å². The summed E-state index contributed by atoms with van der Waals surface area (Å²) in [5, 5.41) is 2.95. The second-order valence-electron chi connectivity index (χ2n) is 6.14. The molecule has 122 valence electrons. The van der Waals surface area contributed by atoms with E-state index in [1.807, 2.05) is 19.9 Å². The normalized spacial score (nSPS) is 15.6. The number of carbonyl (C=O) groups is 1. The summed E-state index contributed by atoms with van der Waals surface area (Å²) in [5.41, 5.74) is 3.36. The molecule has 4 heteroatoms. The van der Waals surface area contributed by atoms with Gasteiger partial charge in [0.15, 0.2) is 6.61 Å². The first-order valence-electron chi connectivity index (χ1n) is 8.12. The van der Waals surface area contributed by atoms with E-state index >= 15 is 0 Å². The van der Waals surface area contributed by atoms with Gasteiger partial charge in [0.25, 0.3) is 5.91 Å². The highest BCUT2D eigenvalue weighted by Gasteiger charge is 2.14. The van der Waals surface area contributed by atoms with E-state index < -0.39 is 0 Å². The van der Waals surface area contributed by atoms with Crippen LogP contribution in [-0.2, 0) is 9.53 Å². The van der Waals surface area contributed by atoms with Crippen molar-refractivity contribution in [2.45, 2.75) is 40.0 Å². The van der Waals surface area contributed by atoms with Gasteiger partial charge in [-0.05, 0) is 62.6 Å². The molecule has 0 saturated carbocycles. The summed E-state index contributed by atoms with van der Waals surface area (Å²) in [6.45, 7) is 8.60. The van der Waals surface area contributed by atoms with Crippen molar-refractivity contribution in [3.05, 3.63) is 28.8 Å². The Balaban J connectivity index is 1.72. The summed E-state index contributed by atoms with van der Waals surface area (Å²) in [7, 11) is 0. The van der Waals surface area contributed by atoms with Crippen molar-refractivity contribution in [2.24, 2.45) is 5.92 Å². The monoisotopic (exact) mass is 305 g/mol. The van der Waals surface area contributed by atoms with Gasteiger partial charge < -0.3 is 14.8 Å². The molecule has 0 bridgehead atoms. The summed E-state index contributed by atoms with van der Waals surface area (Å²) in [5.74, 6) is 1.46. The van der Waals surface area contributed by atoms with Crippen LogP contribution >= 0.6 is 0 Å². The molecule has 1 N–H and O–H groups in total. The number of carbonyl (C=O) groups excluding carboxylic acids is 1. The molecule has 0 aromatic heterocycles. The van der Waals surface area contributed by atoms with E-state index in [4.69, 9.17) is 9.47 Å². The van der Waals surface area contributed by atoms with Crippen LogP contribution in [0.25, 0.3) is 0 Å². The number of benzene rings is 1. The van der Waals surface area contributed by atoms with Crippen LogP contribution < -0.4 is 10.1 Å². The van der Waals surface area contributed by atoms with Crippen molar-refractivity contribution in [3.63, 3.8) is 0 Å². The molecule has 4 nitrogen and oxygen atoms in total. The Morgan fingerprint density at radius 2 is 1.91 bits per heavy atom. The van der Waals surface area contributed by atoms with Crippen LogP contribution in [0.1, 0.15) is 36.0 Å². The highest BCUT2D eigenvalue weighted by Crippen LogP contribution is 2.25. The van der Waals surface area contributed by atoms with Crippen LogP contribution in [0.4, 0.5) is 0 Å². The quantitative estimate of drug-likeness (QED) is 0.879. The third-order valence-corrected chi connectivity index (χ3v) is 4.44. The van der Waals surface area contributed by atoms with Crippen molar-refractivity contribution in [3.8, 4) is 5.75 Å². The number of nitrogens with one attached hydrogen (secondary N) is 1. The van der Waals surface area contributed by atoms with Gasteiger partial charge in [-0.2, -0.15) is 0 Å². The molecule has 0 spiro atoms. The zero-order chi connectivity index (χ0) is 15.9. The fourth-order valence-corrected chi connectivity index (χ4v) is 2.79. The van der Waals surface area contributed by atoms with E-state index in [1.165, 1.54) is 5.56 Å². The van der Waals surface area contributed by atoms with Crippen LogP contribution in [0.2, 0.25) is 0 Å². The average Bonchev–Trinajstić information content (AvgIpc) is 2.52. The van der Waals surface area contributed by atoms with Crippen molar-refractivity contribution < 1.29 is 14.3 Å². The number of ether oxygens (including phenoxy) is 2. The molecule has 0 atom stereocenters. The standard InChI is InChI=1S/C18H27NO3/c1-13-4-5-14(2)18(15(13)3)22-12-17(20)19-9-6-16-7-10-21-11-8-16/h4-5,16H,6-12H2,1-3H3,(H,19,20). The Kier molecular flexibility index (Phi) is 6.25. The fourth-order valence-electron chi connectivity index (χ4n) is 2.79. The topological polar surface area (TPSA) is 47.6 Å². The van der Waals surface area contributed by atoms with Crippen LogP contribution in [0.3, 0.4) is 0 Å². The number of amides is 1. The van der Waals surface area contributed by atoms with Gasteiger partial charge >= 0.3 is 0 Å². The molecule has 1 aromatic carbocycles. The minimum atomic E-state index is -0.0487. The smallest absolute Gasteiger partial charge is 0.257 e. The van der Waals surface area contributed by atoms with Gasteiger partial charge in [0, 0.05) is 19.8 Å². The molecule has 1 amide bonds. The van der Waals surface area contributed by atoms with Gasteiger partial charge in [0.1, 0.15) is 5.75 Å². The number of hydrogen-bond donors (Lipinski definition) is 1. The molecule has 2 rings (SSSR count). The zero-order valence-corrected chi connectivity index (χ0v) is 13.9. The Morgan fingerprint density at radius 3 is 2.64 bits per heavy atom. The summed E-state index contributed by atoms with van der Waals surface area (Å²) < 4.78 is 11.1. The predicted octanol–water partition coefficient (Wildman–Crippen LogP) is 2.92. The lowest BCUT2D eigenvalue weighted by molar-refractivity contribution is -0.123. The van der Waals surface area contributed by atoms with Gasteiger partial charge in [-0.3, -0.25) is 4.79 Å². The lowest BCUT2D eigenvalue weighted by atomic mass is 9.97. The molecule has 22 heavy (non-hydrogen) atoms. The van der Waals surface area contributed by atoms with E-state index in [0.29, 0.717) is 5.92 Å². The molecular formula is C18H27NO3. The zero-order valence-electron chi connectivity index (χ0n) is 13.9. The molecule has 1 heterocycles. The van der Waals surface area contributed by atoms with Gasteiger partial charge in [-0.1, -0.05) is 12.1 Å². The lowest BCUT2D eigenvalue weighted by Crippen LogP contribution is -2.31. The van der Waals surface area contributed by atoms with Crippen LogP contribution in [-0.4, -0.2) is 32.3 Å². The molecule has 1 aliphatic heterocycles. The Bertz CT molecular complexity index is 507. The molecule has 1 fully saturated rings. The molecule has 0 aliphatic carbocycles. The van der Waals surface area contributed by atoms with E-state index in [1.54, 1.807) is 0 Å². The van der Waals surface area contributed by atoms with Gasteiger partial charge in [-0.25, -0.2) is 0 Å². The summed E-state index contributed by atoms with van der Waals surface area (Å²) in [4.78, 5) is 11.9. The van der Waals surface area contributed by atoms with Crippen molar-refractivity contribution in [2.75, 3.05) is 26.4 Å². The summed E-state index contributed by atoms with van der Waals surface area (Å²) in [6, 6.07) is 4.10. The third-order valence-electron chi connectivity index (χ3n) is 4.44. The van der Waals surface area contributed by atoms with Gasteiger partial charge in [0.05, 0.1) is 0 Å². The number of hydrogen-bond acceptors (Lipinski definition) is 3. The first-order chi connectivity index (χ1) is 10.6. The molecule has 1 aromatic rings. The molecule has 0 unspecified atom stereocenters. The largest absolute Gasteiger partial charge is 0.483 e. The maximum atomic E-state index is 11.9. The van der Waals surface area contributed by atoms with Crippen LogP contribution in [0.15, 0.2) is 12.1 Å². The SMILES string of the molecule is Cc1ccc(C)c(OCC(=O)NCCC2CCOCC2)c1C. The van der Waals surface area contributed by atoms with Crippen molar-refractivity contribution in [1.82, 2.24) is 5.32 Å². The number of rotatable bonds is 6. The van der Waals surface area contributed by atoms with Crippen molar-refractivity contribution in [1.29, 1.82) is 0 Å². The van der Waals surface area contributed by atoms with E-state index in [2.05, 4.69) is 18.3 Å².